The Kier molecular flexibility index (Phi) is 18.5. The maximum atomic E-state index is 11.0. The number of nitrogen functional groups attached to an aromatic ring is 2. The molecule has 19 nitrogen and oxygen atoms in total. The van der Waals surface area contributed by atoms with Crippen LogP contribution in [0.1, 0.15) is 0 Å². The minimum absolute atomic E-state index is 0. The smallest absolute Gasteiger partial charge is 0.866 e. The predicted octanol–water partition coefficient (Wildman–Crippen LogP) is 0.677. The van der Waals surface area contributed by atoms with Gasteiger partial charge in [-0.15, -0.1) is 0 Å². The van der Waals surface area contributed by atoms with Crippen LogP contribution in [-0.2, 0) is 10.1 Å². The quantitative estimate of drug-likeness (QED) is 0.0303. The summed E-state index contributed by atoms with van der Waals surface area (Å²) in [6.07, 6.45) is 0. The van der Waals surface area contributed by atoms with Crippen molar-refractivity contribution in [1.29, 1.82) is 0 Å². The molecule has 0 aliphatic rings. The number of hydrogen-bond donors (Lipinski definition) is 10. The van der Waals surface area contributed by atoms with E-state index >= 15 is 0 Å². The summed E-state index contributed by atoms with van der Waals surface area (Å²) in [5.41, 5.74) is 8.69. The van der Waals surface area contributed by atoms with Crippen LogP contribution in [0.4, 0.5) is 22.7 Å². The van der Waals surface area contributed by atoms with Crippen molar-refractivity contribution in [3.05, 3.63) is 123 Å². The molecule has 5 aromatic carbocycles. The van der Waals surface area contributed by atoms with Gasteiger partial charge in [-0.1, -0.05) is 30.3 Å². The molecule has 51 heavy (non-hydrogen) atoms. The van der Waals surface area contributed by atoms with Gasteiger partial charge in [-0.05, 0) is 60.3 Å². The van der Waals surface area contributed by atoms with E-state index in [-0.39, 0.29) is 68.9 Å². The van der Waals surface area contributed by atoms with E-state index in [4.69, 9.17) is 51.8 Å². The Labute approximate surface area is 310 Å². The molecule has 0 saturated carbocycles. The molecule has 0 bridgehead atoms. The van der Waals surface area contributed by atoms with Gasteiger partial charge in [0.05, 0.1) is 20.8 Å². The Bertz CT molecular complexity index is 1970. The Hall–Kier alpha value is -6.19. The second-order valence-electron chi connectivity index (χ2n) is 9.10. The first-order valence-corrected chi connectivity index (χ1v) is 14.6. The van der Waals surface area contributed by atoms with Crippen LogP contribution >= 0.6 is 0 Å². The van der Waals surface area contributed by atoms with Crippen LogP contribution in [0, 0.1) is 20.2 Å². The molecule has 0 aliphatic carbocycles. The third kappa shape index (κ3) is 16.2. The summed E-state index contributed by atoms with van der Waals surface area (Å²) in [4.78, 5) is 18.5. The normalized spacial score (nSPS) is 9.59. The standard InChI is InChI=1S/C6H5N3O5.C6H7NO3S.C6H6O3.2C6H6O2.Na/c7-4-1-3(8(11)12)2-5(6(4)10)9(13)14;7-5-2-1-3-6(4-5)11(8,9)10;7-4-2-1-3-5(8)6(4)9;7-5-2-1-3-6(8)4-5;7-5-3-1-2-4-6(5)8;/h1-2,10H,7H2;1-4H,7H2,(H,8,9,10);1-3,7-9H;2*1-4,7-8H;/q;;;;;+1/p-1. The zero-order valence-electron chi connectivity index (χ0n) is 26.2. The molecule has 12 N–H and O–H groups in total. The fourth-order valence-electron chi connectivity index (χ4n) is 3.01. The van der Waals surface area contributed by atoms with Gasteiger partial charge in [-0.3, -0.25) is 24.8 Å². The number of rotatable bonds is 3. The molecular formula is C30H29N4NaO15S. The maximum absolute atomic E-state index is 11.0. The molecular weight excluding hydrogens is 711 g/mol. The molecule has 0 aromatic heterocycles. The van der Waals surface area contributed by atoms with E-state index < -0.39 is 48.5 Å². The third-order valence-corrected chi connectivity index (χ3v) is 6.20. The molecule has 0 spiro atoms. The number of phenolic OH excluding ortho intramolecular Hbond substituents is 7. The number of nitrogens with two attached hydrogens (primary N) is 2. The van der Waals surface area contributed by atoms with Crippen LogP contribution in [0.3, 0.4) is 0 Å². The van der Waals surface area contributed by atoms with Crippen LogP contribution in [0.15, 0.2) is 108 Å². The second kappa shape index (κ2) is 21.0. The summed E-state index contributed by atoms with van der Waals surface area (Å²) in [5.74, 6) is -2.09. The van der Waals surface area contributed by atoms with Crippen LogP contribution in [-0.4, -0.2) is 58.6 Å². The SMILES string of the molecule is Nc1cc([N+](=O)[O-])cc([N+](=O)[O-])c1[O-].Nc1cccc(S(=O)(=O)O)c1.Oc1cccc(O)c1.Oc1cccc(O)c1O.Oc1ccccc1O.[Na+]. The molecule has 0 amide bonds. The Morgan fingerprint density at radius 2 is 1.04 bits per heavy atom. The minimum Gasteiger partial charge on any atom is -0.866 e. The molecule has 5 rings (SSSR count). The van der Waals surface area contributed by atoms with Crippen molar-refractivity contribution in [1.82, 2.24) is 0 Å². The topological polar surface area (TPSA) is 357 Å². The van der Waals surface area contributed by atoms with Crippen LogP contribution in [0.5, 0.6) is 46.0 Å². The zero-order valence-corrected chi connectivity index (χ0v) is 29.0. The van der Waals surface area contributed by atoms with E-state index in [9.17, 15) is 33.8 Å². The number of benzene rings is 5. The molecule has 0 heterocycles. The largest absolute Gasteiger partial charge is 1.00 e. The molecule has 5 aromatic rings. The Morgan fingerprint density at radius 1 is 0.588 bits per heavy atom. The van der Waals surface area contributed by atoms with Gasteiger partial charge in [-0.25, -0.2) is 0 Å². The van der Waals surface area contributed by atoms with Gasteiger partial charge in [0.2, 0.25) is 0 Å². The van der Waals surface area contributed by atoms with Gasteiger partial charge in [0, 0.05) is 23.5 Å². The number of hydrogen-bond acceptors (Lipinski definition) is 16. The van der Waals surface area contributed by atoms with Crippen molar-refractivity contribution in [2.45, 2.75) is 4.90 Å². The third-order valence-electron chi connectivity index (χ3n) is 5.35. The van der Waals surface area contributed by atoms with Crippen molar-refractivity contribution in [2.75, 3.05) is 11.5 Å². The second-order valence-corrected chi connectivity index (χ2v) is 10.5. The fraction of sp³-hybridized carbons (Fsp3) is 0. The summed E-state index contributed by atoms with van der Waals surface area (Å²) >= 11 is 0. The number of nitro benzene ring substituents is 2. The van der Waals surface area contributed by atoms with Gasteiger partial charge in [0.15, 0.2) is 28.7 Å². The van der Waals surface area contributed by atoms with Gasteiger partial charge in [0.25, 0.3) is 21.5 Å². The molecule has 0 aliphatic heterocycles. The van der Waals surface area contributed by atoms with Crippen molar-refractivity contribution < 1.29 is 93.2 Å². The van der Waals surface area contributed by atoms with E-state index in [1.54, 1.807) is 18.2 Å². The molecule has 266 valence electrons. The molecule has 0 saturated heterocycles. The van der Waals surface area contributed by atoms with Crippen molar-refractivity contribution in [2.24, 2.45) is 0 Å². The summed E-state index contributed by atoms with van der Waals surface area (Å²) in [6.45, 7) is 0. The number of nitrogens with zero attached hydrogens (tertiary/aromatic N) is 2. The number of nitro groups is 2. The van der Waals surface area contributed by atoms with E-state index in [0.29, 0.717) is 11.8 Å². The van der Waals surface area contributed by atoms with Crippen molar-refractivity contribution >= 4 is 32.9 Å². The van der Waals surface area contributed by atoms with Crippen LogP contribution in [0.25, 0.3) is 0 Å². The number of non-ortho nitro benzene ring substituents is 1. The molecule has 0 fully saturated rings. The summed E-state index contributed by atoms with van der Waals surface area (Å²) in [5, 5.41) is 92.3. The van der Waals surface area contributed by atoms with E-state index in [2.05, 4.69) is 0 Å². The van der Waals surface area contributed by atoms with Gasteiger partial charge < -0.3 is 52.3 Å². The minimum atomic E-state index is -4.11. The zero-order chi connectivity index (χ0) is 38.2. The number of para-hydroxylation sites is 3. The first kappa shape index (κ1) is 44.8. The first-order chi connectivity index (χ1) is 23.2. The Morgan fingerprint density at radius 3 is 1.37 bits per heavy atom. The maximum Gasteiger partial charge on any atom is 1.00 e. The average molecular weight is 741 g/mol. The number of anilines is 2. The van der Waals surface area contributed by atoms with Gasteiger partial charge >= 0.3 is 29.6 Å². The van der Waals surface area contributed by atoms with Gasteiger partial charge in [-0.2, -0.15) is 8.42 Å². The van der Waals surface area contributed by atoms with Crippen molar-refractivity contribution in [3.63, 3.8) is 0 Å². The van der Waals surface area contributed by atoms with Crippen LogP contribution < -0.4 is 46.1 Å². The number of phenols is 7. The monoisotopic (exact) mass is 740 g/mol. The predicted molar refractivity (Wildman–Crippen MR) is 175 cm³/mol. The molecule has 21 heteroatoms. The Balaban J connectivity index is 0.000000620. The average Bonchev–Trinajstić information content (AvgIpc) is 3.03. The summed E-state index contributed by atoms with van der Waals surface area (Å²) in [7, 11) is -4.11. The van der Waals surface area contributed by atoms with Crippen LogP contribution in [0.2, 0.25) is 0 Å². The summed E-state index contributed by atoms with van der Waals surface area (Å²) < 4.78 is 29.5. The summed E-state index contributed by atoms with van der Waals surface area (Å²) in [6, 6.07) is 22.8. The fourth-order valence-corrected chi connectivity index (χ4v) is 3.55. The van der Waals surface area contributed by atoms with Gasteiger partial charge in [0.1, 0.15) is 11.5 Å². The molecule has 0 atom stereocenters. The van der Waals surface area contributed by atoms with Crippen molar-refractivity contribution in [3.8, 4) is 46.0 Å². The molecule has 0 radical (unpaired) electrons. The van der Waals surface area contributed by atoms with E-state index in [1.165, 1.54) is 72.8 Å². The first-order valence-electron chi connectivity index (χ1n) is 13.1. The van der Waals surface area contributed by atoms with E-state index in [0.717, 1.165) is 6.07 Å². The number of aromatic hydroxyl groups is 7. The van der Waals surface area contributed by atoms with E-state index in [1.807, 2.05) is 0 Å². The molecule has 0 unspecified atom stereocenters.